The fraction of sp³-hybridized carbons (Fsp3) is 0.476. The van der Waals surface area contributed by atoms with Crippen LogP contribution >= 0.6 is 0 Å². The molecule has 2 heterocycles. The summed E-state index contributed by atoms with van der Waals surface area (Å²) in [6.45, 7) is -0.616. The normalized spacial score (nSPS) is 18.3. The van der Waals surface area contributed by atoms with E-state index in [-0.39, 0.29) is 25.3 Å². The Balaban J connectivity index is 1.49. The molecule has 2 aliphatic rings. The van der Waals surface area contributed by atoms with Crippen molar-refractivity contribution < 1.29 is 39.9 Å². The highest BCUT2D eigenvalue weighted by atomic mass is 19.4. The van der Waals surface area contributed by atoms with E-state index in [1.54, 1.807) is 0 Å². The summed E-state index contributed by atoms with van der Waals surface area (Å²) in [6.07, 6.45) is -9.22. The number of amides is 1. The van der Waals surface area contributed by atoms with Crippen molar-refractivity contribution in [1.82, 2.24) is 14.9 Å². The maximum absolute atomic E-state index is 13.6. The van der Waals surface area contributed by atoms with Gasteiger partial charge in [-0.25, -0.2) is 18.7 Å². The van der Waals surface area contributed by atoms with Gasteiger partial charge >= 0.3 is 12.4 Å². The maximum Gasteiger partial charge on any atom is 0.451 e. The zero-order valence-corrected chi connectivity index (χ0v) is 17.0. The molecule has 1 amide bonds. The van der Waals surface area contributed by atoms with E-state index in [2.05, 4.69) is 9.97 Å². The lowest BCUT2D eigenvalue weighted by Gasteiger charge is -2.30. The molecule has 1 aromatic heterocycles. The van der Waals surface area contributed by atoms with Crippen LogP contribution < -0.4 is 0 Å². The van der Waals surface area contributed by atoms with E-state index in [4.69, 9.17) is 0 Å². The average molecular weight is 479 g/mol. The van der Waals surface area contributed by atoms with E-state index in [9.17, 15) is 39.9 Å². The largest absolute Gasteiger partial charge is 0.451 e. The second-order valence-corrected chi connectivity index (χ2v) is 8.12. The van der Waals surface area contributed by atoms with Gasteiger partial charge in [0.25, 0.3) is 0 Å². The molecule has 33 heavy (non-hydrogen) atoms. The first-order valence-electron chi connectivity index (χ1n) is 10.1. The first-order chi connectivity index (χ1) is 15.3. The minimum Gasteiger partial charge on any atom is -0.336 e. The van der Waals surface area contributed by atoms with Crippen LogP contribution in [0, 0.1) is 11.6 Å². The molecule has 1 unspecified atom stereocenters. The van der Waals surface area contributed by atoms with Crippen molar-refractivity contribution in [2.75, 3.05) is 6.54 Å². The van der Waals surface area contributed by atoms with E-state index in [0.29, 0.717) is 30.4 Å². The molecule has 1 atom stereocenters. The topological polar surface area (TPSA) is 46.1 Å². The van der Waals surface area contributed by atoms with Gasteiger partial charge < -0.3 is 4.90 Å². The van der Waals surface area contributed by atoms with E-state index < -0.39 is 59.2 Å². The third-order valence-electron chi connectivity index (χ3n) is 6.03. The van der Waals surface area contributed by atoms with Crippen molar-refractivity contribution in [3.05, 3.63) is 57.7 Å². The van der Waals surface area contributed by atoms with Gasteiger partial charge in [0, 0.05) is 18.5 Å². The molecular weight excluding hydrogens is 462 g/mol. The number of carbonyl (C=O) groups is 1. The summed E-state index contributed by atoms with van der Waals surface area (Å²) in [7, 11) is 0. The van der Waals surface area contributed by atoms with Crippen LogP contribution in [-0.2, 0) is 36.5 Å². The molecule has 1 aliphatic heterocycles. The lowest BCUT2D eigenvalue weighted by Crippen LogP contribution is -2.38. The fourth-order valence-corrected chi connectivity index (χ4v) is 4.45. The van der Waals surface area contributed by atoms with Crippen LogP contribution in [0.15, 0.2) is 12.1 Å². The number of aryl methyl sites for hydroxylation is 1. The number of fused-ring (bicyclic) bond motifs is 2. The smallest absolute Gasteiger partial charge is 0.336 e. The van der Waals surface area contributed by atoms with E-state index in [0.717, 1.165) is 17.0 Å². The van der Waals surface area contributed by atoms with Crippen LogP contribution in [0.25, 0.3) is 0 Å². The van der Waals surface area contributed by atoms with E-state index in [1.165, 1.54) is 0 Å². The Hall–Kier alpha value is -2.79. The van der Waals surface area contributed by atoms with Gasteiger partial charge in [0.1, 0.15) is 0 Å². The SMILES string of the molecule is O=C(CCC1CCc2cc(F)c(F)cc21)N1CCc2c(nc(C(F)(F)F)nc2C(F)(F)F)C1. The second kappa shape index (κ2) is 8.21. The van der Waals surface area contributed by atoms with Crippen molar-refractivity contribution in [3.8, 4) is 0 Å². The lowest BCUT2D eigenvalue weighted by molar-refractivity contribution is -0.153. The molecule has 0 radical (unpaired) electrons. The molecule has 0 fully saturated rings. The fourth-order valence-electron chi connectivity index (χ4n) is 4.45. The number of halogens is 8. The first-order valence-corrected chi connectivity index (χ1v) is 10.1. The molecule has 0 bridgehead atoms. The predicted molar refractivity (Wildman–Crippen MR) is 97.8 cm³/mol. The summed E-state index contributed by atoms with van der Waals surface area (Å²) in [5.74, 6) is -4.49. The molecule has 4 nitrogen and oxygen atoms in total. The number of nitrogens with zero attached hydrogens (tertiary/aromatic N) is 3. The molecule has 1 aliphatic carbocycles. The highest BCUT2D eigenvalue weighted by Gasteiger charge is 2.43. The number of benzene rings is 1. The zero-order valence-electron chi connectivity index (χ0n) is 17.0. The van der Waals surface area contributed by atoms with Crippen molar-refractivity contribution in [3.63, 3.8) is 0 Å². The number of carbonyl (C=O) groups excluding carboxylic acids is 1. The summed E-state index contributed by atoms with van der Waals surface area (Å²) >= 11 is 0. The monoisotopic (exact) mass is 479 g/mol. The number of rotatable bonds is 3. The summed E-state index contributed by atoms with van der Waals surface area (Å²) in [6, 6.07) is 2.24. The third-order valence-corrected chi connectivity index (χ3v) is 6.03. The van der Waals surface area contributed by atoms with Crippen LogP contribution in [-0.4, -0.2) is 27.3 Å². The highest BCUT2D eigenvalue weighted by molar-refractivity contribution is 5.76. The van der Waals surface area contributed by atoms with Crippen LogP contribution in [0.4, 0.5) is 35.1 Å². The molecule has 1 aromatic carbocycles. The predicted octanol–water partition coefficient (Wildman–Crippen LogP) is 5.19. The number of aromatic nitrogens is 2. The van der Waals surface area contributed by atoms with Gasteiger partial charge in [-0.1, -0.05) is 0 Å². The van der Waals surface area contributed by atoms with Crippen molar-refractivity contribution in [1.29, 1.82) is 0 Å². The van der Waals surface area contributed by atoms with Crippen molar-refractivity contribution >= 4 is 5.91 Å². The van der Waals surface area contributed by atoms with E-state index >= 15 is 0 Å². The van der Waals surface area contributed by atoms with Gasteiger partial charge in [0.15, 0.2) is 17.3 Å². The standard InChI is InChI=1S/C21H17F8N3O/c22-14-7-11-2-1-10(13(11)8-15(14)23)3-4-17(33)32-6-5-12-16(9-32)30-19(21(27,28)29)31-18(12)20(24,25)26/h7-8,10H,1-6,9H2. The number of hydrogen-bond acceptors (Lipinski definition) is 3. The van der Waals surface area contributed by atoms with Gasteiger partial charge in [-0.05, 0) is 54.9 Å². The maximum atomic E-state index is 13.6. The number of hydrogen-bond donors (Lipinski definition) is 0. The molecule has 2 aromatic rings. The third kappa shape index (κ3) is 4.65. The van der Waals surface area contributed by atoms with Crippen LogP contribution in [0.5, 0.6) is 0 Å². The summed E-state index contributed by atoms with van der Waals surface area (Å²) < 4.78 is 106. The molecule has 4 rings (SSSR count). The molecular formula is C21H17F8N3O. The minimum atomic E-state index is -5.17. The Morgan fingerprint density at radius 2 is 1.70 bits per heavy atom. The first kappa shape index (κ1) is 23.4. The van der Waals surface area contributed by atoms with Crippen molar-refractivity contribution in [2.24, 2.45) is 0 Å². The summed E-state index contributed by atoms with van der Waals surface area (Å²) in [4.78, 5) is 19.8. The van der Waals surface area contributed by atoms with Gasteiger partial charge in [-0.15, -0.1) is 0 Å². The Labute approximate surface area is 182 Å². The highest BCUT2D eigenvalue weighted by Crippen LogP contribution is 2.39. The van der Waals surface area contributed by atoms with Gasteiger partial charge in [-0.3, -0.25) is 4.79 Å². The molecule has 0 spiro atoms. The average Bonchev–Trinajstić information content (AvgIpc) is 3.11. The summed E-state index contributed by atoms with van der Waals surface area (Å²) in [5.41, 5.74) is -1.28. The van der Waals surface area contributed by atoms with Crippen LogP contribution in [0.3, 0.4) is 0 Å². The quantitative estimate of drug-likeness (QED) is 0.570. The minimum absolute atomic E-state index is 0.0399. The Bertz CT molecular complexity index is 1100. The van der Waals surface area contributed by atoms with Gasteiger partial charge in [0.2, 0.25) is 11.7 Å². The van der Waals surface area contributed by atoms with Gasteiger partial charge in [0.05, 0.1) is 12.2 Å². The second-order valence-electron chi connectivity index (χ2n) is 8.12. The van der Waals surface area contributed by atoms with Crippen LogP contribution in [0.1, 0.15) is 59.1 Å². The Kier molecular flexibility index (Phi) is 5.81. The van der Waals surface area contributed by atoms with E-state index in [1.807, 2.05) is 0 Å². The Morgan fingerprint density at radius 1 is 1.00 bits per heavy atom. The molecule has 0 N–H and O–H groups in total. The van der Waals surface area contributed by atoms with Crippen molar-refractivity contribution in [2.45, 2.75) is 56.9 Å². The molecule has 0 saturated carbocycles. The summed E-state index contributed by atoms with van der Waals surface area (Å²) in [5, 5.41) is 0. The lowest BCUT2D eigenvalue weighted by atomic mass is 9.95. The number of alkyl halides is 6. The zero-order chi connectivity index (χ0) is 24.1. The molecule has 0 saturated heterocycles. The van der Waals surface area contributed by atoms with Crippen LogP contribution in [0.2, 0.25) is 0 Å². The molecule has 12 heteroatoms. The molecule has 178 valence electrons. The Morgan fingerprint density at radius 3 is 2.36 bits per heavy atom. The van der Waals surface area contributed by atoms with Gasteiger partial charge in [-0.2, -0.15) is 26.3 Å².